The number of unbranched alkanes of at least 4 members (excludes halogenated alkanes) is 5. The second-order valence-electron chi connectivity index (χ2n) is 21.6. The van der Waals surface area contributed by atoms with Crippen molar-refractivity contribution in [3.05, 3.63) is 0 Å². The summed E-state index contributed by atoms with van der Waals surface area (Å²) in [7, 11) is 0. The Balaban J connectivity index is 2.30. The second kappa shape index (κ2) is 39.0. The molecule has 0 aromatic rings. The molecule has 0 aliphatic carbocycles. The van der Waals surface area contributed by atoms with Crippen LogP contribution in [-0.4, -0.2) is 187 Å². The van der Waals surface area contributed by atoms with Crippen LogP contribution < -0.4 is 76.5 Å². The van der Waals surface area contributed by atoms with Crippen LogP contribution in [0.25, 0.3) is 0 Å². The van der Waals surface area contributed by atoms with Crippen molar-refractivity contribution in [2.45, 2.75) is 223 Å². The number of hydrogen-bond donors (Lipinski definition) is 16. The highest BCUT2D eigenvalue weighted by Crippen LogP contribution is 2.21. The lowest BCUT2D eigenvalue weighted by Gasteiger charge is -2.32. The fraction of sp³-hybridized carbons (Fsp3) is 0.811. The van der Waals surface area contributed by atoms with Crippen LogP contribution >= 0.6 is 0 Å². The van der Waals surface area contributed by atoms with Crippen LogP contribution in [0.1, 0.15) is 156 Å². The quantitative estimate of drug-likeness (QED) is 0.0268. The minimum Gasteiger partial charge on any atom is -0.480 e. The normalized spacial score (nSPS) is 18.5. The molecule has 0 radical (unpaired) electrons. The number of nitrogens with one attached hydrogen (secondary N) is 9. The number of aliphatic hydroxyl groups is 1. The van der Waals surface area contributed by atoms with Crippen LogP contribution in [0, 0.1) is 5.92 Å². The molecule has 2 heterocycles. The molecule has 0 saturated carbocycles. The number of carboxylic acid groups (broad SMARTS) is 1. The van der Waals surface area contributed by atoms with Crippen LogP contribution in [-0.2, 0) is 47.9 Å². The summed E-state index contributed by atoms with van der Waals surface area (Å²) in [4.78, 5) is 138. The summed E-state index contributed by atoms with van der Waals surface area (Å²) in [6.45, 7) is 8.63. The van der Waals surface area contributed by atoms with E-state index in [0.717, 1.165) is 6.42 Å². The Morgan fingerprint density at radius 3 is 1.26 bits per heavy atom. The molecule has 2 aliphatic heterocycles. The molecule has 0 aromatic heterocycles. The summed E-state index contributed by atoms with van der Waals surface area (Å²) >= 11 is 0. The lowest BCUT2D eigenvalue weighted by Crippen LogP contribution is -2.61. The third kappa shape index (κ3) is 25.5. The molecule has 27 heteroatoms. The van der Waals surface area contributed by atoms with Crippen LogP contribution in [0.5, 0.6) is 0 Å². The average molecular weight is 1140 g/mol. The van der Waals surface area contributed by atoms with E-state index in [1.54, 1.807) is 0 Å². The number of rotatable bonds is 41. The van der Waals surface area contributed by atoms with E-state index in [0.29, 0.717) is 103 Å². The molecule has 2 saturated heterocycles. The molecule has 80 heavy (non-hydrogen) atoms. The van der Waals surface area contributed by atoms with Gasteiger partial charge in [-0.05, 0) is 187 Å². The Morgan fingerprint density at radius 2 is 0.875 bits per heavy atom. The zero-order valence-corrected chi connectivity index (χ0v) is 47.8. The van der Waals surface area contributed by atoms with E-state index < -0.39 is 120 Å². The van der Waals surface area contributed by atoms with E-state index >= 15 is 0 Å². The number of likely N-dealkylation sites (tertiary alicyclic amines) is 1. The maximum atomic E-state index is 14.3. The molecule has 0 spiro atoms. The highest BCUT2D eigenvalue weighted by Gasteiger charge is 2.42. The summed E-state index contributed by atoms with van der Waals surface area (Å²) in [6.07, 6.45) is 6.03. The van der Waals surface area contributed by atoms with Crippen LogP contribution in [0.2, 0.25) is 0 Å². The van der Waals surface area contributed by atoms with Gasteiger partial charge in [0.2, 0.25) is 53.2 Å². The molecule has 0 aromatic carbocycles. The van der Waals surface area contributed by atoms with Crippen LogP contribution in [0.3, 0.4) is 0 Å². The van der Waals surface area contributed by atoms with Gasteiger partial charge in [-0.15, -0.1) is 0 Å². The third-order valence-electron chi connectivity index (χ3n) is 14.2. The lowest BCUT2D eigenvalue weighted by molar-refractivity contribution is -0.144. The number of nitrogens with zero attached hydrogens (tertiary/aromatic N) is 1. The van der Waals surface area contributed by atoms with Gasteiger partial charge in [-0.3, -0.25) is 43.2 Å². The van der Waals surface area contributed by atoms with Gasteiger partial charge in [0.05, 0.1) is 12.1 Å². The summed E-state index contributed by atoms with van der Waals surface area (Å²) in [5, 5.41) is 45.2. The lowest BCUT2D eigenvalue weighted by atomic mass is 10.0. The Kier molecular flexibility index (Phi) is 34.3. The van der Waals surface area contributed by atoms with E-state index in [2.05, 4.69) is 47.9 Å². The minimum absolute atomic E-state index is 0.0603. The fourth-order valence-electron chi connectivity index (χ4n) is 9.57. The van der Waals surface area contributed by atoms with E-state index in [1.165, 1.54) is 18.7 Å². The molecular weight excluding hydrogens is 1040 g/mol. The zero-order valence-electron chi connectivity index (χ0n) is 47.8. The first kappa shape index (κ1) is 70.5. The number of carbonyl (C=O) groups excluding carboxylic acids is 9. The SMILES string of the molecule is CC(C)CC(NC(=O)C(CCCCN)NC(=O)C(CCCCN)NC(=O)C(C)NC(=O)C(CCCCN)NC(=O)C(CCCCN)NC(=O)C1CCCN1C(=O)C(NC(=O)C(CCCCN)NC(=O)C1CCCN1)C(C)O)C(=O)O. The third-order valence-corrected chi connectivity index (χ3v) is 14.2. The van der Waals surface area contributed by atoms with Gasteiger partial charge >= 0.3 is 5.97 Å². The van der Waals surface area contributed by atoms with E-state index in [4.69, 9.17) is 28.7 Å². The molecule has 11 atom stereocenters. The number of aliphatic carboxylic acids is 1. The van der Waals surface area contributed by atoms with Crippen molar-refractivity contribution >= 4 is 59.1 Å². The summed E-state index contributed by atoms with van der Waals surface area (Å²) in [6, 6.07) is -11.4. The van der Waals surface area contributed by atoms with Crippen LogP contribution in [0.4, 0.5) is 0 Å². The largest absolute Gasteiger partial charge is 0.480 e. The molecular formula is C53H99N15O12. The van der Waals surface area contributed by atoms with Gasteiger partial charge in [0.25, 0.3) is 0 Å². The van der Waals surface area contributed by atoms with Gasteiger partial charge in [-0.2, -0.15) is 0 Å². The molecule has 11 unspecified atom stereocenters. The first-order valence-electron chi connectivity index (χ1n) is 29.0. The fourth-order valence-corrected chi connectivity index (χ4v) is 9.57. The smallest absolute Gasteiger partial charge is 0.326 e. The van der Waals surface area contributed by atoms with Gasteiger partial charge in [0, 0.05) is 6.54 Å². The Labute approximate surface area is 471 Å². The molecule has 2 aliphatic rings. The predicted octanol–water partition coefficient (Wildman–Crippen LogP) is -3.22. The maximum Gasteiger partial charge on any atom is 0.326 e. The molecule has 27 nitrogen and oxygen atoms in total. The summed E-state index contributed by atoms with van der Waals surface area (Å²) in [5.41, 5.74) is 28.7. The van der Waals surface area contributed by atoms with Gasteiger partial charge in [-0.25, -0.2) is 4.79 Å². The first-order valence-corrected chi connectivity index (χ1v) is 29.0. The predicted molar refractivity (Wildman–Crippen MR) is 300 cm³/mol. The monoisotopic (exact) mass is 1140 g/mol. The highest BCUT2D eigenvalue weighted by atomic mass is 16.4. The Hall–Kier alpha value is -5.58. The molecule has 0 bridgehead atoms. The van der Waals surface area contributed by atoms with Crippen molar-refractivity contribution in [1.82, 2.24) is 52.8 Å². The number of amides is 9. The maximum absolute atomic E-state index is 14.3. The molecule has 2 fully saturated rings. The number of nitrogens with two attached hydrogens (primary N) is 5. The number of carbonyl (C=O) groups is 10. The van der Waals surface area contributed by atoms with Gasteiger partial charge in [0.1, 0.15) is 54.4 Å². The average Bonchev–Trinajstić information content (AvgIpc) is 4.15. The highest BCUT2D eigenvalue weighted by molar-refractivity contribution is 5.98. The van der Waals surface area contributed by atoms with Crippen molar-refractivity contribution in [3.8, 4) is 0 Å². The molecule has 458 valence electrons. The Bertz CT molecular complexity index is 1960. The molecule has 9 amide bonds. The standard InChI is InChI=1S/C53H99N15O12/c1-32(2)31-41(53(79)80)66-49(75)38(19-7-12-26-56)64-47(73)37(18-6-11-25-55)61-44(70)33(3)60-46(72)36(17-5-10-24-54)63-48(74)39(20-8-13-27-57)65-51(77)42-23-16-30-68(42)52(78)43(34(4)69)67-50(76)40(21-9-14-28-58)62-45(71)35-22-15-29-59-35/h32-43,59,69H,5-31,54-58H2,1-4H3,(H,60,72)(H,61,70)(H,62,71)(H,63,74)(H,64,73)(H,65,77)(H,66,75)(H,67,76)(H,79,80). The summed E-state index contributed by atoms with van der Waals surface area (Å²) < 4.78 is 0. The topological polar surface area (TPSA) is 453 Å². The number of aliphatic hydroxyl groups excluding tert-OH is 1. The van der Waals surface area contributed by atoms with E-state index in [-0.39, 0.29) is 76.4 Å². The van der Waals surface area contributed by atoms with Crippen molar-refractivity contribution < 1.29 is 58.2 Å². The van der Waals surface area contributed by atoms with E-state index in [9.17, 15) is 58.2 Å². The van der Waals surface area contributed by atoms with Crippen molar-refractivity contribution in [1.29, 1.82) is 0 Å². The van der Waals surface area contributed by atoms with Crippen molar-refractivity contribution in [2.24, 2.45) is 34.6 Å². The van der Waals surface area contributed by atoms with Gasteiger partial charge in [0.15, 0.2) is 0 Å². The Morgan fingerprint density at radius 1 is 0.487 bits per heavy atom. The van der Waals surface area contributed by atoms with Crippen molar-refractivity contribution in [2.75, 3.05) is 45.8 Å². The number of hydrogen-bond acceptors (Lipinski definition) is 17. The van der Waals surface area contributed by atoms with Gasteiger partial charge < -0.3 is 91.6 Å². The van der Waals surface area contributed by atoms with Gasteiger partial charge in [-0.1, -0.05) is 13.8 Å². The molecule has 2 rings (SSSR count). The van der Waals surface area contributed by atoms with E-state index in [1.807, 2.05) is 13.8 Å². The first-order chi connectivity index (χ1) is 38.1. The number of carboxylic acids is 1. The zero-order chi connectivity index (χ0) is 59.7. The second-order valence-corrected chi connectivity index (χ2v) is 21.6. The molecule has 21 N–H and O–H groups in total. The van der Waals surface area contributed by atoms with Crippen LogP contribution in [0.15, 0.2) is 0 Å². The van der Waals surface area contributed by atoms with Crippen molar-refractivity contribution in [3.63, 3.8) is 0 Å². The summed E-state index contributed by atoms with van der Waals surface area (Å²) in [5.74, 6) is -7.45. The minimum atomic E-state index is -1.49.